The van der Waals surface area contributed by atoms with Crippen LogP contribution in [0.5, 0.6) is 0 Å². The molecule has 0 radical (unpaired) electrons. The summed E-state index contributed by atoms with van der Waals surface area (Å²) in [6.07, 6.45) is 4.39. The molecule has 1 rings (SSSR count). The second kappa shape index (κ2) is 4.26. The topological polar surface area (TPSA) is 44.1 Å². The lowest BCUT2D eigenvalue weighted by Gasteiger charge is -2.18. The van der Waals surface area contributed by atoms with Gasteiger partial charge >= 0.3 is 0 Å². The molecule has 0 fully saturated rings. The van der Waals surface area contributed by atoms with E-state index < -0.39 is 0 Å². The predicted octanol–water partition coefficient (Wildman–Crippen LogP) is 1.60. The molecule has 4 heteroatoms. The van der Waals surface area contributed by atoms with Crippen LogP contribution >= 0.6 is 0 Å². The molecule has 4 nitrogen and oxygen atoms in total. The molecular formula is C10H16N2O2. The molecule has 0 N–H and O–H groups in total. The number of nitrogens with zero attached hydrogens (tertiary/aromatic N) is 2. The predicted molar refractivity (Wildman–Crippen MR) is 52.5 cm³/mol. The van der Waals surface area contributed by atoms with E-state index in [1.165, 1.54) is 0 Å². The summed E-state index contributed by atoms with van der Waals surface area (Å²) in [5.41, 5.74) is 0.185. The van der Waals surface area contributed by atoms with Crippen LogP contribution in [-0.4, -0.2) is 16.0 Å². The van der Waals surface area contributed by atoms with Gasteiger partial charge < -0.3 is 9.30 Å². The molecule has 0 amide bonds. The molecule has 0 unspecified atom stereocenters. The van der Waals surface area contributed by atoms with Gasteiger partial charge in [-0.25, -0.2) is 4.98 Å². The summed E-state index contributed by atoms with van der Waals surface area (Å²) in [6.45, 7) is 7.13. The molecule has 1 aromatic rings. The van der Waals surface area contributed by atoms with Crippen molar-refractivity contribution in [2.75, 3.05) is 0 Å². The fourth-order valence-electron chi connectivity index (χ4n) is 1.21. The molecule has 0 aliphatic carbocycles. The van der Waals surface area contributed by atoms with Crippen molar-refractivity contribution in [2.45, 2.75) is 33.9 Å². The third-order valence-corrected chi connectivity index (χ3v) is 1.77. The fourth-order valence-corrected chi connectivity index (χ4v) is 1.21. The number of aromatic nitrogens is 2. The van der Waals surface area contributed by atoms with Crippen LogP contribution in [0, 0.1) is 5.41 Å². The molecular weight excluding hydrogens is 180 g/mol. The maximum absolute atomic E-state index is 10.0. The van der Waals surface area contributed by atoms with Crippen LogP contribution in [-0.2, 0) is 22.7 Å². The molecule has 0 spiro atoms. The fraction of sp³-hybridized carbons (Fsp3) is 0.600. The molecule has 1 aromatic heterocycles. The van der Waals surface area contributed by atoms with Crippen molar-refractivity contribution >= 4 is 6.47 Å². The second-order valence-electron chi connectivity index (χ2n) is 4.44. The first-order chi connectivity index (χ1) is 6.53. The summed E-state index contributed by atoms with van der Waals surface area (Å²) in [4.78, 5) is 14.3. The van der Waals surface area contributed by atoms with E-state index in [4.69, 9.17) is 0 Å². The molecule has 1 heterocycles. The van der Waals surface area contributed by atoms with Crippen LogP contribution in [0.2, 0.25) is 0 Å². The summed E-state index contributed by atoms with van der Waals surface area (Å²) in [5, 5.41) is 0. The van der Waals surface area contributed by atoms with Crippen LogP contribution in [0.15, 0.2) is 12.4 Å². The Labute approximate surface area is 83.9 Å². The molecule has 0 saturated carbocycles. The van der Waals surface area contributed by atoms with Gasteiger partial charge in [-0.05, 0) is 5.41 Å². The van der Waals surface area contributed by atoms with E-state index in [-0.39, 0.29) is 12.1 Å². The first kappa shape index (κ1) is 10.8. The minimum Gasteiger partial charge on any atom is -0.446 e. The average Bonchev–Trinajstić information content (AvgIpc) is 2.45. The Morgan fingerprint density at radius 3 is 2.86 bits per heavy atom. The molecule has 0 bridgehead atoms. The smallest absolute Gasteiger partial charge is 0.294 e. The van der Waals surface area contributed by atoms with Gasteiger partial charge in [0.2, 0.25) is 0 Å². The van der Waals surface area contributed by atoms with E-state index in [0.29, 0.717) is 6.47 Å². The van der Waals surface area contributed by atoms with Crippen LogP contribution < -0.4 is 0 Å². The first-order valence-corrected chi connectivity index (χ1v) is 4.58. The lowest BCUT2D eigenvalue weighted by atomic mass is 9.92. The number of hydrogen-bond acceptors (Lipinski definition) is 3. The lowest BCUT2D eigenvalue weighted by Crippen LogP contribution is -2.15. The van der Waals surface area contributed by atoms with E-state index >= 15 is 0 Å². The van der Waals surface area contributed by atoms with Crippen LogP contribution in [0.1, 0.15) is 26.6 Å². The Morgan fingerprint density at radius 1 is 1.57 bits per heavy atom. The zero-order valence-corrected chi connectivity index (χ0v) is 8.86. The van der Waals surface area contributed by atoms with Gasteiger partial charge in [-0.3, -0.25) is 4.79 Å². The monoisotopic (exact) mass is 196 g/mol. The number of rotatable bonds is 4. The number of carbonyl (C=O) groups is 1. The lowest BCUT2D eigenvalue weighted by molar-refractivity contribution is -0.132. The Hall–Kier alpha value is -1.32. The highest BCUT2D eigenvalue weighted by molar-refractivity contribution is 5.36. The van der Waals surface area contributed by atoms with Crippen LogP contribution in [0.3, 0.4) is 0 Å². The van der Waals surface area contributed by atoms with Gasteiger partial charge in [0.1, 0.15) is 5.82 Å². The van der Waals surface area contributed by atoms with Crippen molar-refractivity contribution in [3.8, 4) is 0 Å². The van der Waals surface area contributed by atoms with Gasteiger partial charge in [-0.1, -0.05) is 20.8 Å². The molecule has 14 heavy (non-hydrogen) atoms. The van der Waals surface area contributed by atoms with Crippen molar-refractivity contribution in [1.82, 2.24) is 9.55 Å². The Bertz CT molecular complexity index is 299. The van der Waals surface area contributed by atoms with Crippen molar-refractivity contribution in [3.05, 3.63) is 18.2 Å². The number of imidazole rings is 1. The average molecular weight is 196 g/mol. The zero-order chi connectivity index (χ0) is 10.6. The highest BCUT2D eigenvalue weighted by atomic mass is 16.5. The molecule has 0 saturated heterocycles. The minimum atomic E-state index is 0.185. The highest BCUT2D eigenvalue weighted by Crippen LogP contribution is 2.19. The summed E-state index contributed by atoms with van der Waals surface area (Å²) >= 11 is 0. The van der Waals surface area contributed by atoms with E-state index in [0.717, 1.165) is 12.2 Å². The Kier molecular flexibility index (Phi) is 3.28. The Balaban J connectivity index is 2.67. The first-order valence-electron chi connectivity index (χ1n) is 4.58. The normalized spacial score (nSPS) is 11.4. The van der Waals surface area contributed by atoms with E-state index in [1.807, 2.05) is 10.8 Å². The maximum atomic E-state index is 10.0. The number of hydrogen-bond donors (Lipinski definition) is 0. The molecule has 0 atom stereocenters. The quantitative estimate of drug-likeness (QED) is 0.687. The van der Waals surface area contributed by atoms with Gasteiger partial charge in [0.05, 0.1) is 0 Å². The van der Waals surface area contributed by atoms with Gasteiger partial charge in [0.25, 0.3) is 6.47 Å². The summed E-state index contributed by atoms with van der Waals surface area (Å²) in [5.74, 6) is 0.944. The minimum absolute atomic E-state index is 0.185. The van der Waals surface area contributed by atoms with Crippen molar-refractivity contribution < 1.29 is 9.53 Å². The van der Waals surface area contributed by atoms with Crippen LogP contribution in [0.25, 0.3) is 0 Å². The van der Waals surface area contributed by atoms with Crippen molar-refractivity contribution in [3.63, 3.8) is 0 Å². The maximum Gasteiger partial charge on any atom is 0.294 e. The van der Waals surface area contributed by atoms with Crippen molar-refractivity contribution in [2.24, 2.45) is 5.41 Å². The number of ether oxygens (including phenoxy) is 1. The van der Waals surface area contributed by atoms with E-state index in [9.17, 15) is 4.79 Å². The van der Waals surface area contributed by atoms with E-state index in [2.05, 4.69) is 30.5 Å². The highest BCUT2D eigenvalue weighted by Gasteiger charge is 2.14. The third kappa shape index (κ3) is 3.20. The van der Waals surface area contributed by atoms with Gasteiger partial charge in [-0.2, -0.15) is 0 Å². The Morgan fingerprint density at radius 2 is 2.29 bits per heavy atom. The van der Waals surface area contributed by atoms with Crippen molar-refractivity contribution in [1.29, 1.82) is 0 Å². The van der Waals surface area contributed by atoms with Gasteiger partial charge in [0.15, 0.2) is 6.73 Å². The molecule has 0 aromatic carbocycles. The molecule has 0 aliphatic rings. The second-order valence-corrected chi connectivity index (χ2v) is 4.44. The zero-order valence-electron chi connectivity index (χ0n) is 8.86. The summed E-state index contributed by atoms with van der Waals surface area (Å²) in [7, 11) is 0. The van der Waals surface area contributed by atoms with Crippen LogP contribution in [0.4, 0.5) is 0 Å². The number of carbonyl (C=O) groups excluding carboxylic acids is 1. The van der Waals surface area contributed by atoms with Gasteiger partial charge in [0, 0.05) is 18.8 Å². The third-order valence-electron chi connectivity index (χ3n) is 1.77. The SMILES string of the molecule is CC(C)(C)Cc1nccn1COC=O. The molecule has 0 aliphatic heterocycles. The molecule has 78 valence electrons. The van der Waals surface area contributed by atoms with E-state index in [1.54, 1.807) is 6.20 Å². The van der Waals surface area contributed by atoms with Gasteiger partial charge in [-0.15, -0.1) is 0 Å². The summed E-state index contributed by atoms with van der Waals surface area (Å²) < 4.78 is 6.51. The standard InChI is InChI=1S/C10H16N2O2/c1-10(2,3)6-9-11-4-5-12(9)7-14-8-13/h4-5,8H,6-7H2,1-3H3. The summed E-state index contributed by atoms with van der Waals surface area (Å²) in [6, 6.07) is 0. The largest absolute Gasteiger partial charge is 0.446 e.